The number of carbonyl (C=O) groups is 2. The summed E-state index contributed by atoms with van der Waals surface area (Å²) in [7, 11) is 4.06. The molecule has 0 aliphatic heterocycles. The summed E-state index contributed by atoms with van der Waals surface area (Å²) in [5.41, 5.74) is 2.65. The monoisotopic (exact) mass is 383 g/mol. The highest BCUT2D eigenvalue weighted by Crippen LogP contribution is 2.14. The summed E-state index contributed by atoms with van der Waals surface area (Å²) in [5.74, 6) is -0.204. The van der Waals surface area contributed by atoms with Crippen LogP contribution in [0.5, 0.6) is 0 Å². The van der Waals surface area contributed by atoms with Gasteiger partial charge in [-0.3, -0.25) is 10.1 Å². The van der Waals surface area contributed by atoms with Gasteiger partial charge in [-0.2, -0.15) is 0 Å². The highest BCUT2D eigenvalue weighted by atomic mass is 16.6. The lowest BCUT2D eigenvalue weighted by molar-refractivity contribution is 0.0635. The first-order valence-corrected chi connectivity index (χ1v) is 9.23. The summed E-state index contributed by atoms with van der Waals surface area (Å²) in [6.45, 7) is 6.70. The number of carbonyl (C=O) groups excluding carboxylic acids is 2. The number of rotatable bonds is 6. The van der Waals surface area contributed by atoms with Crippen molar-refractivity contribution >= 4 is 17.7 Å². The number of benzene rings is 2. The van der Waals surface area contributed by atoms with Crippen molar-refractivity contribution in [2.75, 3.05) is 19.4 Å². The van der Waals surface area contributed by atoms with Gasteiger partial charge >= 0.3 is 6.09 Å². The first kappa shape index (κ1) is 21.4. The molecule has 0 unspecified atom stereocenters. The maximum Gasteiger partial charge on any atom is 0.412 e. The second-order valence-electron chi connectivity index (χ2n) is 7.94. The molecule has 2 aromatic rings. The number of hydrogen-bond donors (Lipinski definition) is 2. The molecule has 28 heavy (non-hydrogen) atoms. The fourth-order valence-corrected chi connectivity index (χ4v) is 2.57. The van der Waals surface area contributed by atoms with Crippen molar-refractivity contribution in [1.82, 2.24) is 10.2 Å². The van der Waals surface area contributed by atoms with Crippen LogP contribution in [0.2, 0.25) is 0 Å². The standard InChI is InChI=1S/C22H29N3O3/c1-22(2,3)28-21(27)24-19-8-6-7-18(13-19)20(26)23-14-16-9-11-17(12-10-16)15-25(4)5/h6-13H,14-15H2,1-5H3,(H,23,26)(H,24,27). The van der Waals surface area contributed by atoms with E-state index in [0.29, 0.717) is 17.8 Å². The fourth-order valence-electron chi connectivity index (χ4n) is 2.57. The Bertz CT molecular complexity index is 809. The minimum Gasteiger partial charge on any atom is -0.444 e. The first-order chi connectivity index (χ1) is 13.1. The summed E-state index contributed by atoms with van der Waals surface area (Å²) in [4.78, 5) is 26.4. The Hall–Kier alpha value is -2.86. The number of nitrogens with zero attached hydrogens (tertiary/aromatic N) is 1. The van der Waals surface area contributed by atoms with Crippen molar-refractivity contribution < 1.29 is 14.3 Å². The normalized spacial score (nSPS) is 11.2. The van der Waals surface area contributed by atoms with Crippen molar-refractivity contribution in [2.45, 2.75) is 39.5 Å². The fraction of sp³-hybridized carbons (Fsp3) is 0.364. The van der Waals surface area contributed by atoms with Gasteiger partial charge in [0, 0.05) is 24.3 Å². The molecule has 0 heterocycles. The van der Waals surface area contributed by atoms with E-state index < -0.39 is 11.7 Å². The molecule has 0 fully saturated rings. The summed E-state index contributed by atoms with van der Waals surface area (Å²) in [6.07, 6.45) is -0.553. The number of amides is 2. The zero-order chi connectivity index (χ0) is 20.7. The molecule has 0 spiro atoms. The molecule has 6 heteroatoms. The lowest BCUT2D eigenvalue weighted by atomic mass is 10.1. The van der Waals surface area contributed by atoms with Crippen LogP contribution in [0, 0.1) is 0 Å². The Morgan fingerprint density at radius 2 is 1.64 bits per heavy atom. The predicted octanol–water partition coefficient (Wildman–Crippen LogP) is 4.03. The molecule has 2 aromatic carbocycles. The zero-order valence-corrected chi connectivity index (χ0v) is 17.2. The number of hydrogen-bond acceptors (Lipinski definition) is 4. The van der Waals surface area contributed by atoms with Crippen LogP contribution in [0.15, 0.2) is 48.5 Å². The minimum atomic E-state index is -0.582. The van der Waals surface area contributed by atoms with Gasteiger partial charge in [0.25, 0.3) is 5.91 Å². The molecule has 2 N–H and O–H groups in total. The Kier molecular flexibility index (Phi) is 7.18. The van der Waals surface area contributed by atoms with E-state index in [9.17, 15) is 9.59 Å². The SMILES string of the molecule is CN(C)Cc1ccc(CNC(=O)c2cccc(NC(=O)OC(C)(C)C)c2)cc1. The molecule has 6 nitrogen and oxygen atoms in total. The van der Waals surface area contributed by atoms with Crippen LogP contribution in [0.4, 0.5) is 10.5 Å². The zero-order valence-electron chi connectivity index (χ0n) is 17.2. The van der Waals surface area contributed by atoms with Crippen LogP contribution in [0.3, 0.4) is 0 Å². The number of anilines is 1. The largest absolute Gasteiger partial charge is 0.444 e. The van der Waals surface area contributed by atoms with Gasteiger partial charge in [-0.05, 0) is 64.2 Å². The van der Waals surface area contributed by atoms with Gasteiger partial charge < -0.3 is 15.0 Å². The second-order valence-corrected chi connectivity index (χ2v) is 7.94. The van der Waals surface area contributed by atoms with Crippen LogP contribution in [-0.2, 0) is 17.8 Å². The Labute approximate surface area is 166 Å². The van der Waals surface area contributed by atoms with Crippen molar-refractivity contribution in [3.05, 3.63) is 65.2 Å². The van der Waals surface area contributed by atoms with Gasteiger partial charge in [0.2, 0.25) is 0 Å². The Morgan fingerprint density at radius 1 is 1.00 bits per heavy atom. The smallest absolute Gasteiger partial charge is 0.412 e. The van der Waals surface area contributed by atoms with E-state index in [1.54, 1.807) is 45.0 Å². The van der Waals surface area contributed by atoms with Gasteiger partial charge in [0.05, 0.1) is 0 Å². The highest BCUT2D eigenvalue weighted by molar-refractivity contribution is 5.96. The predicted molar refractivity (Wildman–Crippen MR) is 111 cm³/mol. The Morgan fingerprint density at radius 3 is 2.25 bits per heavy atom. The van der Waals surface area contributed by atoms with Crippen molar-refractivity contribution in [2.24, 2.45) is 0 Å². The van der Waals surface area contributed by atoms with Gasteiger partial charge in [-0.15, -0.1) is 0 Å². The summed E-state index contributed by atoms with van der Waals surface area (Å²) >= 11 is 0. The molecule has 2 rings (SSSR count). The third-order valence-electron chi connectivity index (χ3n) is 3.74. The molecular weight excluding hydrogens is 354 g/mol. The maximum absolute atomic E-state index is 12.4. The van der Waals surface area contributed by atoms with Crippen LogP contribution in [-0.4, -0.2) is 36.6 Å². The average Bonchev–Trinajstić information content (AvgIpc) is 2.59. The van der Waals surface area contributed by atoms with E-state index in [1.807, 2.05) is 26.2 Å². The summed E-state index contributed by atoms with van der Waals surface area (Å²) < 4.78 is 5.23. The molecule has 0 aliphatic rings. The highest BCUT2D eigenvalue weighted by Gasteiger charge is 2.16. The maximum atomic E-state index is 12.4. The van der Waals surface area contributed by atoms with Gasteiger partial charge in [0.1, 0.15) is 5.60 Å². The molecule has 0 saturated heterocycles. The molecule has 0 atom stereocenters. The van der Waals surface area contributed by atoms with Crippen LogP contribution in [0.1, 0.15) is 42.3 Å². The molecule has 0 aromatic heterocycles. The van der Waals surface area contributed by atoms with Gasteiger partial charge in [-0.25, -0.2) is 4.79 Å². The summed E-state index contributed by atoms with van der Waals surface area (Å²) in [6, 6.07) is 14.9. The van der Waals surface area contributed by atoms with Crippen LogP contribution in [0.25, 0.3) is 0 Å². The Balaban J connectivity index is 1.93. The third kappa shape index (κ3) is 7.40. The van der Waals surface area contributed by atoms with Crippen LogP contribution < -0.4 is 10.6 Å². The average molecular weight is 383 g/mol. The molecule has 0 saturated carbocycles. The molecular formula is C22H29N3O3. The number of ether oxygens (including phenoxy) is 1. The second kappa shape index (κ2) is 9.37. The van der Waals surface area contributed by atoms with Crippen molar-refractivity contribution in [3.8, 4) is 0 Å². The number of nitrogens with one attached hydrogen (secondary N) is 2. The van der Waals surface area contributed by atoms with E-state index in [0.717, 1.165) is 12.1 Å². The molecule has 0 bridgehead atoms. The molecule has 0 radical (unpaired) electrons. The third-order valence-corrected chi connectivity index (χ3v) is 3.74. The molecule has 0 aliphatic carbocycles. The minimum absolute atomic E-state index is 0.204. The lowest BCUT2D eigenvalue weighted by Gasteiger charge is -2.19. The van der Waals surface area contributed by atoms with Crippen LogP contribution >= 0.6 is 0 Å². The quantitative estimate of drug-likeness (QED) is 0.790. The topological polar surface area (TPSA) is 70.7 Å². The molecule has 150 valence electrons. The van der Waals surface area contributed by atoms with E-state index in [2.05, 4.69) is 27.7 Å². The summed E-state index contributed by atoms with van der Waals surface area (Å²) in [5, 5.41) is 5.55. The first-order valence-electron chi connectivity index (χ1n) is 9.23. The van der Waals surface area contributed by atoms with E-state index in [-0.39, 0.29) is 5.91 Å². The van der Waals surface area contributed by atoms with E-state index >= 15 is 0 Å². The van der Waals surface area contributed by atoms with Crippen molar-refractivity contribution in [3.63, 3.8) is 0 Å². The van der Waals surface area contributed by atoms with E-state index in [1.165, 1.54) is 5.56 Å². The van der Waals surface area contributed by atoms with E-state index in [4.69, 9.17) is 4.74 Å². The molecule has 2 amide bonds. The van der Waals surface area contributed by atoms with Crippen molar-refractivity contribution in [1.29, 1.82) is 0 Å². The lowest BCUT2D eigenvalue weighted by Crippen LogP contribution is -2.27. The van der Waals surface area contributed by atoms with Gasteiger partial charge in [-0.1, -0.05) is 30.3 Å². The van der Waals surface area contributed by atoms with Gasteiger partial charge in [0.15, 0.2) is 0 Å².